The molecule has 0 spiro atoms. The van der Waals surface area contributed by atoms with Gasteiger partial charge in [-0.25, -0.2) is 18.8 Å². The summed E-state index contributed by atoms with van der Waals surface area (Å²) >= 11 is 5.73. The van der Waals surface area contributed by atoms with E-state index in [0.717, 1.165) is 6.07 Å². The van der Waals surface area contributed by atoms with Crippen molar-refractivity contribution in [3.63, 3.8) is 0 Å². The Morgan fingerprint density at radius 3 is 2.88 bits per heavy atom. The maximum Gasteiger partial charge on any atom is 0.282 e. The first-order valence-electron chi connectivity index (χ1n) is 7.84. The fourth-order valence-electron chi connectivity index (χ4n) is 2.98. The van der Waals surface area contributed by atoms with Gasteiger partial charge in [0.25, 0.3) is 11.9 Å². The first-order chi connectivity index (χ1) is 12.4. The van der Waals surface area contributed by atoms with E-state index < -0.39 is 23.6 Å². The predicted molar refractivity (Wildman–Crippen MR) is 90.9 cm³/mol. The molecule has 9 heteroatoms. The SMILES string of the molecule is NC1=NC(c2cc(NC(=O)c3ccc(Cl)cn3)cc(F)c2F)C2CC2O1. The first kappa shape index (κ1) is 16.7. The van der Waals surface area contributed by atoms with Crippen LogP contribution in [0.15, 0.2) is 35.5 Å². The minimum absolute atomic E-state index is 0.0307. The first-order valence-corrected chi connectivity index (χ1v) is 8.22. The average Bonchev–Trinajstić information content (AvgIpc) is 3.37. The Kier molecular flexibility index (Phi) is 3.99. The summed E-state index contributed by atoms with van der Waals surface area (Å²) in [6.45, 7) is 0. The number of carbonyl (C=O) groups excluding carboxylic acids is 1. The zero-order chi connectivity index (χ0) is 18.4. The lowest BCUT2D eigenvalue weighted by atomic mass is 10.0. The number of hydrogen-bond donors (Lipinski definition) is 2. The standard InChI is InChI=1S/C17H13ClF2N4O2/c18-7-1-2-12(22-6-7)16(25)23-8-3-10(14(20)11(19)4-8)15-9-5-13(9)26-17(21)24-15/h1-4,6,9,13,15H,5H2,(H2,21,24)(H,23,25). The van der Waals surface area contributed by atoms with E-state index in [9.17, 15) is 13.6 Å². The van der Waals surface area contributed by atoms with Gasteiger partial charge in [0.05, 0.1) is 11.1 Å². The predicted octanol–water partition coefficient (Wildman–Crippen LogP) is 3.04. The minimum atomic E-state index is -1.08. The number of nitrogens with one attached hydrogen (secondary N) is 1. The van der Waals surface area contributed by atoms with E-state index >= 15 is 0 Å². The van der Waals surface area contributed by atoms with Crippen LogP contribution in [0.3, 0.4) is 0 Å². The van der Waals surface area contributed by atoms with Gasteiger partial charge in [-0.2, -0.15) is 0 Å². The maximum absolute atomic E-state index is 14.3. The highest BCUT2D eigenvalue weighted by atomic mass is 35.5. The van der Waals surface area contributed by atoms with E-state index in [1.165, 1.54) is 24.4 Å². The van der Waals surface area contributed by atoms with Crippen LogP contribution in [0, 0.1) is 17.6 Å². The summed E-state index contributed by atoms with van der Waals surface area (Å²) in [5, 5.41) is 2.88. The number of benzene rings is 1. The van der Waals surface area contributed by atoms with Gasteiger partial charge in [-0.05, 0) is 24.6 Å². The number of nitrogens with zero attached hydrogens (tertiary/aromatic N) is 2. The van der Waals surface area contributed by atoms with Gasteiger partial charge in [0.1, 0.15) is 11.8 Å². The number of rotatable bonds is 3. The van der Waals surface area contributed by atoms with Crippen molar-refractivity contribution in [2.75, 3.05) is 5.32 Å². The van der Waals surface area contributed by atoms with Crippen LogP contribution in [0.1, 0.15) is 28.5 Å². The van der Waals surface area contributed by atoms with E-state index in [1.54, 1.807) is 0 Å². The maximum atomic E-state index is 14.3. The van der Waals surface area contributed by atoms with E-state index in [0.29, 0.717) is 11.4 Å². The second-order valence-electron chi connectivity index (χ2n) is 6.15. The lowest BCUT2D eigenvalue weighted by molar-refractivity contribution is 0.102. The lowest BCUT2D eigenvalue weighted by Gasteiger charge is -2.20. The van der Waals surface area contributed by atoms with Crippen molar-refractivity contribution in [2.24, 2.45) is 16.6 Å². The Bertz CT molecular complexity index is 920. The van der Waals surface area contributed by atoms with Gasteiger partial charge in [-0.3, -0.25) is 4.79 Å². The van der Waals surface area contributed by atoms with Gasteiger partial charge in [0.15, 0.2) is 11.6 Å². The van der Waals surface area contributed by atoms with E-state index in [-0.39, 0.29) is 35.0 Å². The number of halogens is 3. The van der Waals surface area contributed by atoms with Gasteiger partial charge < -0.3 is 15.8 Å². The van der Waals surface area contributed by atoms with Crippen LogP contribution in [0.5, 0.6) is 0 Å². The Balaban J connectivity index is 1.63. The van der Waals surface area contributed by atoms with Gasteiger partial charge in [0, 0.05) is 29.4 Å². The van der Waals surface area contributed by atoms with Crippen molar-refractivity contribution in [3.8, 4) is 0 Å². The molecule has 0 radical (unpaired) electrons. The zero-order valence-corrected chi connectivity index (χ0v) is 14.0. The van der Waals surface area contributed by atoms with Crippen molar-refractivity contribution in [3.05, 3.63) is 58.4 Å². The molecule has 1 saturated carbocycles. The molecule has 3 N–H and O–H groups in total. The zero-order valence-electron chi connectivity index (χ0n) is 13.2. The molecular weight excluding hydrogens is 366 g/mol. The van der Waals surface area contributed by atoms with E-state index in [2.05, 4.69) is 15.3 Å². The molecule has 2 aromatic rings. The fourth-order valence-corrected chi connectivity index (χ4v) is 3.09. The summed E-state index contributed by atoms with van der Waals surface area (Å²) < 4.78 is 33.7. The van der Waals surface area contributed by atoms with E-state index in [1.807, 2.05) is 0 Å². The molecule has 1 aliphatic heterocycles. The van der Waals surface area contributed by atoms with Crippen molar-refractivity contribution < 1.29 is 18.3 Å². The van der Waals surface area contributed by atoms with Gasteiger partial charge in [-0.15, -0.1) is 0 Å². The highest BCUT2D eigenvalue weighted by Crippen LogP contribution is 2.49. The number of hydrogen-bond acceptors (Lipinski definition) is 5. The second kappa shape index (κ2) is 6.21. The number of fused-ring (bicyclic) bond motifs is 1. The molecule has 1 fully saturated rings. The smallest absolute Gasteiger partial charge is 0.282 e. The molecule has 6 nitrogen and oxygen atoms in total. The average molecular weight is 379 g/mol. The van der Waals surface area contributed by atoms with Crippen LogP contribution in [0.25, 0.3) is 0 Å². The van der Waals surface area contributed by atoms with Gasteiger partial charge in [0.2, 0.25) is 0 Å². The molecule has 1 aromatic carbocycles. The number of amidine groups is 1. The fraction of sp³-hybridized carbons (Fsp3) is 0.235. The normalized spacial score (nSPS) is 23.5. The largest absolute Gasteiger partial charge is 0.462 e. The minimum Gasteiger partial charge on any atom is -0.462 e. The van der Waals surface area contributed by atoms with Crippen LogP contribution in [-0.2, 0) is 4.74 Å². The Hall–Kier alpha value is -2.74. The molecule has 3 unspecified atom stereocenters. The third-order valence-electron chi connectivity index (χ3n) is 4.32. The molecule has 26 heavy (non-hydrogen) atoms. The monoisotopic (exact) mass is 378 g/mol. The number of pyridine rings is 1. The van der Waals surface area contributed by atoms with Crippen molar-refractivity contribution in [1.29, 1.82) is 0 Å². The van der Waals surface area contributed by atoms with Gasteiger partial charge in [-0.1, -0.05) is 11.6 Å². The molecule has 0 bridgehead atoms. The van der Waals surface area contributed by atoms with Crippen LogP contribution < -0.4 is 11.1 Å². The number of aromatic nitrogens is 1. The summed E-state index contributed by atoms with van der Waals surface area (Å²) in [5.74, 6) is -2.72. The van der Waals surface area contributed by atoms with Crippen molar-refractivity contribution in [1.82, 2.24) is 4.98 Å². The number of aliphatic imine (C=N–C) groups is 1. The van der Waals surface area contributed by atoms with Crippen molar-refractivity contribution in [2.45, 2.75) is 18.6 Å². The number of anilines is 1. The number of carbonyl (C=O) groups is 1. The molecule has 1 aromatic heterocycles. The van der Waals surface area contributed by atoms with E-state index in [4.69, 9.17) is 22.1 Å². The summed E-state index contributed by atoms with van der Waals surface area (Å²) in [7, 11) is 0. The summed E-state index contributed by atoms with van der Waals surface area (Å²) in [6.07, 6.45) is 1.86. The van der Waals surface area contributed by atoms with Crippen LogP contribution >= 0.6 is 11.6 Å². The molecule has 2 aliphatic rings. The van der Waals surface area contributed by atoms with Crippen molar-refractivity contribution >= 4 is 29.2 Å². The lowest BCUT2D eigenvalue weighted by Crippen LogP contribution is -2.25. The topological polar surface area (TPSA) is 89.6 Å². The summed E-state index contributed by atoms with van der Waals surface area (Å²) in [5.41, 5.74) is 5.82. The van der Waals surface area contributed by atoms with Crippen LogP contribution in [-0.4, -0.2) is 23.0 Å². The quantitative estimate of drug-likeness (QED) is 0.859. The number of ether oxygens (including phenoxy) is 1. The Labute approximate surface area is 152 Å². The molecule has 2 heterocycles. The van der Waals surface area contributed by atoms with Crippen LogP contribution in [0.4, 0.5) is 14.5 Å². The third kappa shape index (κ3) is 3.08. The molecule has 4 rings (SSSR count). The summed E-state index contributed by atoms with van der Waals surface area (Å²) in [4.78, 5) is 20.2. The highest BCUT2D eigenvalue weighted by molar-refractivity contribution is 6.30. The molecule has 1 aliphatic carbocycles. The second-order valence-corrected chi connectivity index (χ2v) is 6.58. The van der Waals surface area contributed by atoms with Crippen LogP contribution in [0.2, 0.25) is 5.02 Å². The Morgan fingerprint density at radius 1 is 1.35 bits per heavy atom. The third-order valence-corrected chi connectivity index (χ3v) is 4.54. The summed E-state index contributed by atoms with van der Waals surface area (Å²) in [6, 6.07) is 4.50. The number of nitrogens with two attached hydrogens (primary N) is 1. The van der Waals surface area contributed by atoms with Gasteiger partial charge >= 0.3 is 0 Å². The molecular formula is C17H13ClF2N4O2. The molecule has 1 amide bonds. The molecule has 134 valence electrons. The highest BCUT2D eigenvalue weighted by Gasteiger charge is 2.50. The Morgan fingerprint density at radius 2 is 2.15 bits per heavy atom. The molecule has 0 saturated heterocycles. The molecule has 3 atom stereocenters. The number of amides is 1.